The monoisotopic (exact) mass is 246 g/mol. The van der Waals surface area contributed by atoms with Gasteiger partial charge in [0.2, 0.25) is 0 Å². The van der Waals surface area contributed by atoms with Crippen molar-refractivity contribution in [2.75, 3.05) is 18.1 Å². The van der Waals surface area contributed by atoms with E-state index in [4.69, 9.17) is 0 Å². The fourth-order valence-corrected chi connectivity index (χ4v) is 2.84. The quantitative estimate of drug-likeness (QED) is 0.776. The zero-order valence-electron chi connectivity index (χ0n) is 9.50. The van der Waals surface area contributed by atoms with Crippen molar-refractivity contribution in [3.05, 3.63) is 15.6 Å². The minimum Gasteiger partial charge on any atom is -0.311 e. The van der Waals surface area contributed by atoms with Crippen molar-refractivity contribution in [2.45, 2.75) is 27.3 Å². The molecular weight excluding hydrogens is 228 g/mol. The number of nitrogens with one attached hydrogen (secondary N) is 1. The molecule has 0 aliphatic heterocycles. The predicted octanol–water partition coefficient (Wildman–Crippen LogP) is 1.62. The second-order valence-electron chi connectivity index (χ2n) is 3.35. The molecule has 5 heteroatoms. The molecule has 86 valence electrons. The van der Waals surface area contributed by atoms with Gasteiger partial charge in [-0.15, -0.1) is 11.3 Å². The Bertz CT molecular complexity index is 336. The molecular formula is C10H18N2OS2. The number of aryl methyl sites for hydroxylation is 2. The van der Waals surface area contributed by atoms with Crippen LogP contribution in [-0.4, -0.2) is 27.2 Å². The topological polar surface area (TPSA) is 42.0 Å². The van der Waals surface area contributed by atoms with E-state index in [9.17, 15) is 4.21 Å². The average molecular weight is 246 g/mol. The van der Waals surface area contributed by atoms with Gasteiger partial charge in [0.25, 0.3) is 0 Å². The van der Waals surface area contributed by atoms with Crippen LogP contribution in [0.2, 0.25) is 0 Å². The van der Waals surface area contributed by atoms with Crippen LogP contribution in [0.1, 0.15) is 22.5 Å². The van der Waals surface area contributed by atoms with Crippen LogP contribution >= 0.6 is 11.3 Å². The van der Waals surface area contributed by atoms with E-state index in [0.29, 0.717) is 0 Å². The lowest BCUT2D eigenvalue weighted by molar-refractivity contribution is 0.674. The largest absolute Gasteiger partial charge is 0.311 e. The third-order valence-corrected chi connectivity index (χ3v) is 4.49. The normalized spacial score (nSPS) is 13.0. The Morgan fingerprint density at radius 3 is 2.73 bits per heavy atom. The van der Waals surface area contributed by atoms with Gasteiger partial charge in [0, 0.05) is 40.3 Å². The van der Waals surface area contributed by atoms with Crippen molar-refractivity contribution in [3.63, 3.8) is 0 Å². The first-order valence-electron chi connectivity index (χ1n) is 5.12. The van der Waals surface area contributed by atoms with Gasteiger partial charge in [-0.3, -0.25) is 4.21 Å². The van der Waals surface area contributed by atoms with Crippen molar-refractivity contribution in [1.29, 1.82) is 0 Å². The molecule has 1 aromatic rings. The molecule has 1 N–H and O–H groups in total. The summed E-state index contributed by atoms with van der Waals surface area (Å²) >= 11 is 1.73. The maximum absolute atomic E-state index is 11.2. The highest BCUT2D eigenvalue weighted by atomic mass is 32.2. The SMILES string of the molecule is CCS(=O)CCNCc1sc(C)nc1C. The third-order valence-electron chi connectivity index (χ3n) is 2.11. The Labute approximate surface area is 97.8 Å². The molecule has 0 spiro atoms. The smallest absolute Gasteiger partial charge is 0.0900 e. The summed E-state index contributed by atoms with van der Waals surface area (Å²) in [5.74, 6) is 1.49. The molecule has 1 heterocycles. The summed E-state index contributed by atoms with van der Waals surface area (Å²) < 4.78 is 11.2. The summed E-state index contributed by atoms with van der Waals surface area (Å²) in [5, 5.41) is 4.41. The Kier molecular flexibility index (Phi) is 5.42. The molecule has 0 saturated carbocycles. The van der Waals surface area contributed by atoms with Gasteiger partial charge in [0.1, 0.15) is 0 Å². The van der Waals surface area contributed by atoms with Crippen molar-refractivity contribution in [2.24, 2.45) is 0 Å². The van der Waals surface area contributed by atoms with E-state index >= 15 is 0 Å². The van der Waals surface area contributed by atoms with Crippen molar-refractivity contribution in [3.8, 4) is 0 Å². The molecule has 3 nitrogen and oxygen atoms in total. The molecule has 1 unspecified atom stereocenters. The number of hydrogen-bond acceptors (Lipinski definition) is 4. The molecule has 0 saturated heterocycles. The van der Waals surface area contributed by atoms with Crippen LogP contribution in [0.15, 0.2) is 0 Å². The minimum absolute atomic E-state index is 0.660. The van der Waals surface area contributed by atoms with Gasteiger partial charge in [-0.25, -0.2) is 4.98 Å². The zero-order valence-corrected chi connectivity index (χ0v) is 11.1. The number of aromatic nitrogens is 1. The highest BCUT2D eigenvalue weighted by molar-refractivity contribution is 7.84. The molecule has 1 atom stereocenters. The fraction of sp³-hybridized carbons (Fsp3) is 0.700. The van der Waals surface area contributed by atoms with Gasteiger partial charge in [0.05, 0.1) is 10.7 Å². The summed E-state index contributed by atoms with van der Waals surface area (Å²) in [6, 6.07) is 0. The molecule has 1 rings (SSSR count). The van der Waals surface area contributed by atoms with Crippen LogP contribution in [0.3, 0.4) is 0 Å². The summed E-state index contributed by atoms with van der Waals surface area (Å²) in [6.45, 7) is 7.67. The van der Waals surface area contributed by atoms with Crippen LogP contribution in [0.4, 0.5) is 0 Å². The van der Waals surface area contributed by atoms with Crippen molar-refractivity contribution >= 4 is 22.1 Å². The van der Waals surface area contributed by atoms with E-state index in [0.717, 1.165) is 35.3 Å². The average Bonchev–Trinajstić information content (AvgIpc) is 2.52. The fourth-order valence-electron chi connectivity index (χ4n) is 1.27. The molecule has 0 amide bonds. The molecule has 0 fully saturated rings. The van der Waals surface area contributed by atoms with Gasteiger partial charge in [-0.2, -0.15) is 0 Å². The van der Waals surface area contributed by atoms with E-state index in [1.165, 1.54) is 4.88 Å². The maximum Gasteiger partial charge on any atom is 0.0900 e. The number of nitrogens with zero attached hydrogens (tertiary/aromatic N) is 1. The summed E-state index contributed by atoms with van der Waals surface area (Å²) in [4.78, 5) is 5.65. The third kappa shape index (κ3) is 4.40. The molecule has 0 radical (unpaired) electrons. The molecule has 0 aliphatic carbocycles. The Hall–Kier alpha value is -0.260. The van der Waals surface area contributed by atoms with Crippen molar-refractivity contribution < 1.29 is 4.21 Å². The zero-order chi connectivity index (χ0) is 11.3. The highest BCUT2D eigenvalue weighted by Gasteiger charge is 2.03. The van der Waals surface area contributed by atoms with E-state index in [1.54, 1.807) is 11.3 Å². The number of thiazole rings is 1. The Morgan fingerprint density at radius 2 is 2.20 bits per heavy atom. The Balaban J connectivity index is 2.26. The summed E-state index contributed by atoms with van der Waals surface area (Å²) in [7, 11) is -0.660. The van der Waals surface area contributed by atoms with Crippen LogP contribution in [-0.2, 0) is 17.3 Å². The van der Waals surface area contributed by atoms with Gasteiger partial charge in [-0.1, -0.05) is 6.92 Å². The minimum atomic E-state index is -0.660. The van der Waals surface area contributed by atoms with Gasteiger partial charge in [0.15, 0.2) is 0 Å². The van der Waals surface area contributed by atoms with Crippen LogP contribution < -0.4 is 5.32 Å². The molecule has 15 heavy (non-hydrogen) atoms. The number of hydrogen-bond donors (Lipinski definition) is 1. The van der Waals surface area contributed by atoms with E-state index in [-0.39, 0.29) is 0 Å². The molecule has 0 bridgehead atoms. The molecule has 0 aromatic carbocycles. The predicted molar refractivity (Wildman–Crippen MR) is 66.8 cm³/mol. The van der Waals surface area contributed by atoms with Crippen LogP contribution in [0.25, 0.3) is 0 Å². The van der Waals surface area contributed by atoms with E-state index in [2.05, 4.69) is 10.3 Å². The second-order valence-corrected chi connectivity index (χ2v) is 6.50. The highest BCUT2D eigenvalue weighted by Crippen LogP contribution is 2.16. The van der Waals surface area contributed by atoms with Gasteiger partial charge >= 0.3 is 0 Å². The lowest BCUT2D eigenvalue weighted by atomic mass is 10.4. The number of rotatable bonds is 6. The Morgan fingerprint density at radius 1 is 1.47 bits per heavy atom. The lowest BCUT2D eigenvalue weighted by Crippen LogP contribution is -2.20. The maximum atomic E-state index is 11.2. The van der Waals surface area contributed by atoms with Crippen LogP contribution in [0.5, 0.6) is 0 Å². The molecule has 0 aliphatic rings. The summed E-state index contributed by atoms with van der Waals surface area (Å²) in [6.07, 6.45) is 0. The molecule has 1 aromatic heterocycles. The summed E-state index contributed by atoms with van der Waals surface area (Å²) in [5.41, 5.74) is 1.11. The first-order valence-corrected chi connectivity index (χ1v) is 7.42. The van der Waals surface area contributed by atoms with Gasteiger partial charge in [-0.05, 0) is 13.8 Å². The second kappa shape index (κ2) is 6.35. The first-order chi connectivity index (χ1) is 7.13. The van der Waals surface area contributed by atoms with E-state index in [1.807, 2.05) is 20.8 Å². The lowest BCUT2D eigenvalue weighted by Gasteiger charge is -2.02. The standard InChI is InChI=1S/C10H18N2OS2/c1-4-15(13)6-5-11-7-10-8(2)12-9(3)14-10/h11H,4-7H2,1-3H3. The van der Waals surface area contributed by atoms with Gasteiger partial charge < -0.3 is 5.32 Å². The first kappa shape index (κ1) is 12.8. The van der Waals surface area contributed by atoms with Crippen molar-refractivity contribution in [1.82, 2.24) is 10.3 Å². The van der Waals surface area contributed by atoms with Crippen LogP contribution in [0, 0.1) is 13.8 Å². The van der Waals surface area contributed by atoms with E-state index < -0.39 is 10.8 Å².